The summed E-state index contributed by atoms with van der Waals surface area (Å²) in [6, 6.07) is 7.46. The summed E-state index contributed by atoms with van der Waals surface area (Å²) in [5.74, 6) is 0.862. The molecular weight excluding hydrogens is 228 g/mol. The summed E-state index contributed by atoms with van der Waals surface area (Å²) in [4.78, 5) is 11.6. The zero-order chi connectivity index (χ0) is 13.2. The highest BCUT2D eigenvalue weighted by Gasteiger charge is 2.01. The molecule has 0 fully saturated rings. The lowest BCUT2D eigenvalue weighted by molar-refractivity contribution is -0.116. The fraction of sp³-hybridized carbons (Fsp3) is 0.500. The van der Waals surface area contributed by atoms with E-state index < -0.39 is 0 Å². The molecular formula is C14H22N2O2. The van der Waals surface area contributed by atoms with Gasteiger partial charge in [0.25, 0.3) is 0 Å². The number of hydrogen-bond acceptors (Lipinski definition) is 3. The molecule has 2 N–H and O–H groups in total. The van der Waals surface area contributed by atoms with Gasteiger partial charge in [-0.25, -0.2) is 0 Å². The molecule has 0 heterocycles. The first-order valence-corrected chi connectivity index (χ1v) is 6.49. The molecule has 0 bridgehead atoms. The lowest BCUT2D eigenvalue weighted by Gasteiger charge is -2.07. The van der Waals surface area contributed by atoms with E-state index in [1.54, 1.807) is 0 Å². The maximum atomic E-state index is 11.6. The number of hydrogen-bond donors (Lipinski definition) is 2. The molecule has 1 amide bonds. The van der Waals surface area contributed by atoms with Crippen molar-refractivity contribution in [3.05, 3.63) is 24.3 Å². The summed E-state index contributed by atoms with van der Waals surface area (Å²) >= 11 is 0. The third kappa shape index (κ3) is 5.68. The van der Waals surface area contributed by atoms with E-state index in [-0.39, 0.29) is 5.91 Å². The van der Waals surface area contributed by atoms with Gasteiger partial charge in [-0.15, -0.1) is 0 Å². The van der Waals surface area contributed by atoms with E-state index in [1.165, 1.54) is 0 Å². The average molecular weight is 250 g/mol. The molecule has 1 rings (SSSR count). The molecule has 0 saturated carbocycles. The fourth-order valence-corrected chi connectivity index (χ4v) is 1.46. The molecule has 0 radical (unpaired) electrons. The van der Waals surface area contributed by atoms with Gasteiger partial charge in [0.05, 0.1) is 6.61 Å². The molecule has 0 aromatic heterocycles. The Kier molecular flexibility index (Phi) is 6.87. The number of nitrogens with one attached hydrogen (secondary N) is 2. The molecule has 1 aromatic rings. The van der Waals surface area contributed by atoms with Crippen molar-refractivity contribution >= 4 is 11.6 Å². The molecule has 0 atom stereocenters. The van der Waals surface area contributed by atoms with E-state index in [9.17, 15) is 4.79 Å². The zero-order valence-corrected chi connectivity index (χ0v) is 11.2. The van der Waals surface area contributed by atoms with Crippen LogP contribution in [-0.2, 0) is 4.79 Å². The molecule has 0 aliphatic heterocycles. The van der Waals surface area contributed by atoms with Gasteiger partial charge < -0.3 is 15.4 Å². The molecule has 0 spiro atoms. The maximum Gasteiger partial charge on any atom is 0.225 e. The molecule has 100 valence electrons. The van der Waals surface area contributed by atoms with Crippen molar-refractivity contribution in [1.82, 2.24) is 5.32 Å². The van der Waals surface area contributed by atoms with Gasteiger partial charge in [0.2, 0.25) is 5.91 Å². The van der Waals surface area contributed by atoms with Crippen molar-refractivity contribution in [2.75, 3.05) is 25.0 Å². The van der Waals surface area contributed by atoms with E-state index in [0.717, 1.165) is 24.4 Å². The van der Waals surface area contributed by atoms with Crippen LogP contribution in [0.5, 0.6) is 5.75 Å². The van der Waals surface area contributed by atoms with Gasteiger partial charge in [-0.1, -0.05) is 13.8 Å². The number of anilines is 1. The van der Waals surface area contributed by atoms with E-state index in [1.807, 2.05) is 31.2 Å². The maximum absolute atomic E-state index is 11.6. The Morgan fingerprint density at radius 2 is 1.94 bits per heavy atom. The van der Waals surface area contributed by atoms with Crippen LogP contribution in [0.2, 0.25) is 0 Å². The number of ether oxygens (including phenoxy) is 1. The van der Waals surface area contributed by atoms with E-state index in [0.29, 0.717) is 19.6 Å². The van der Waals surface area contributed by atoms with Crippen LogP contribution < -0.4 is 15.4 Å². The Bertz CT molecular complexity index is 349. The summed E-state index contributed by atoms with van der Waals surface area (Å²) in [6.07, 6.45) is 1.48. The Balaban J connectivity index is 2.35. The van der Waals surface area contributed by atoms with Gasteiger partial charge in [0.1, 0.15) is 5.75 Å². The predicted octanol–water partition coefficient (Wildman–Crippen LogP) is 2.41. The van der Waals surface area contributed by atoms with E-state index in [4.69, 9.17) is 4.74 Å². The first-order valence-electron chi connectivity index (χ1n) is 6.49. The molecule has 0 unspecified atom stereocenters. The normalized spacial score (nSPS) is 10.1. The Morgan fingerprint density at radius 1 is 1.22 bits per heavy atom. The summed E-state index contributed by atoms with van der Waals surface area (Å²) in [6.45, 7) is 6.40. The molecule has 1 aromatic carbocycles. The highest BCUT2D eigenvalue weighted by molar-refractivity contribution is 5.90. The van der Waals surface area contributed by atoms with Gasteiger partial charge in [-0.05, 0) is 37.2 Å². The topological polar surface area (TPSA) is 50.4 Å². The second-order valence-corrected chi connectivity index (χ2v) is 4.02. The first-order chi connectivity index (χ1) is 8.76. The van der Waals surface area contributed by atoms with Crippen LogP contribution in [0, 0.1) is 0 Å². The van der Waals surface area contributed by atoms with Gasteiger partial charge in [-0.3, -0.25) is 4.79 Å². The molecule has 0 saturated heterocycles. The molecule has 4 heteroatoms. The standard InChI is InChI=1S/C14H22N2O2/c1-3-11-18-13-7-5-12(6-8-13)16-14(17)9-10-15-4-2/h5-8,15H,3-4,9-11H2,1-2H3,(H,16,17). The van der Waals surface area contributed by atoms with Crippen molar-refractivity contribution < 1.29 is 9.53 Å². The molecule has 0 aliphatic carbocycles. The van der Waals surface area contributed by atoms with Crippen LogP contribution >= 0.6 is 0 Å². The van der Waals surface area contributed by atoms with Gasteiger partial charge >= 0.3 is 0 Å². The van der Waals surface area contributed by atoms with Crippen LogP contribution in [0.1, 0.15) is 26.7 Å². The predicted molar refractivity (Wildman–Crippen MR) is 74.0 cm³/mol. The third-order valence-corrected chi connectivity index (χ3v) is 2.39. The number of rotatable bonds is 8. The summed E-state index contributed by atoms with van der Waals surface area (Å²) in [7, 11) is 0. The second kappa shape index (κ2) is 8.53. The van der Waals surface area contributed by atoms with Crippen LogP contribution in [0.4, 0.5) is 5.69 Å². The SMILES string of the molecule is CCCOc1ccc(NC(=O)CCNCC)cc1. The molecule has 4 nitrogen and oxygen atoms in total. The van der Waals surface area contributed by atoms with Crippen molar-refractivity contribution in [2.45, 2.75) is 26.7 Å². The average Bonchev–Trinajstić information content (AvgIpc) is 2.38. The van der Waals surface area contributed by atoms with Gasteiger partial charge in [-0.2, -0.15) is 0 Å². The lowest BCUT2D eigenvalue weighted by Crippen LogP contribution is -2.21. The zero-order valence-electron chi connectivity index (χ0n) is 11.2. The highest BCUT2D eigenvalue weighted by Crippen LogP contribution is 2.15. The van der Waals surface area contributed by atoms with Crippen molar-refractivity contribution in [2.24, 2.45) is 0 Å². The Hall–Kier alpha value is -1.55. The minimum atomic E-state index is 0.0261. The highest BCUT2D eigenvalue weighted by atomic mass is 16.5. The van der Waals surface area contributed by atoms with Crippen molar-refractivity contribution in [3.8, 4) is 5.75 Å². The first kappa shape index (κ1) is 14.5. The lowest BCUT2D eigenvalue weighted by atomic mass is 10.3. The smallest absolute Gasteiger partial charge is 0.225 e. The minimum Gasteiger partial charge on any atom is -0.494 e. The van der Waals surface area contributed by atoms with Crippen molar-refractivity contribution in [1.29, 1.82) is 0 Å². The Labute approximate surface area is 109 Å². The minimum absolute atomic E-state index is 0.0261. The monoisotopic (exact) mass is 250 g/mol. The largest absolute Gasteiger partial charge is 0.494 e. The number of amides is 1. The summed E-state index contributed by atoms with van der Waals surface area (Å²) in [5.41, 5.74) is 0.806. The number of carbonyl (C=O) groups is 1. The van der Waals surface area contributed by atoms with Gasteiger partial charge in [0, 0.05) is 18.7 Å². The number of carbonyl (C=O) groups excluding carboxylic acids is 1. The molecule has 18 heavy (non-hydrogen) atoms. The summed E-state index contributed by atoms with van der Waals surface area (Å²) in [5, 5.41) is 5.97. The quantitative estimate of drug-likeness (QED) is 0.697. The van der Waals surface area contributed by atoms with Crippen LogP contribution in [-0.4, -0.2) is 25.6 Å². The van der Waals surface area contributed by atoms with Crippen LogP contribution in [0.15, 0.2) is 24.3 Å². The third-order valence-electron chi connectivity index (χ3n) is 2.39. The van der Waals surface area contributed by atoms with Gasteiger partial charge in [0.15, 0.2) is 0 Å². The van der Waals surface area contributed by atoms with E-state index >= 15 is 0 Å². The van der Waals surface area contributed by atoms with Crippen LogP contribution in [0.3, 0.4) is 0 Å². The summed E-state index contributed by atoms with van der Waals surface area (Å²) < 4.78 is 5.47. The van der Waals surface area contributed by atoms with Crippen molar-refractivity contribution in [3.63, 3.8) is 0 Å². The Morgan fingerprint density at radius 3 is 2.56 bits per heavy atom. The number of benzene rings is 1. The van der Waals surface area contributed by atoms with Crippen LogP contribution in [0.25, 0.3) is 0 Å². The fourth-order valence-electron chi connectivity index (χ4n) is 1.46. The molecule has 0 aliphatic rings. The second-order valence-electron chi connectivity index (χ2n) is 4.02. The van der Waals surface area contributed by atoms with E-state index in [2.05, 4.69) is 17.6 Å².